The Kier molecular flexibility index (Phi) is 6.19. The number of aliphatic carboxylic acids is 1. The van der Waals surface area contributed by atoms with Crippen LogP contribution in [0.4, 0.5) is 0 Å². The zero-order chi connectivity index (χ0) is 16.5. The van der Waals surface area contributed by atoms with Crippen molar-refractivity contribution in [2.75, 3.05) is 0 Å². The fraction of sp³-hybridized carbons (Fsp3) is 0.250. The predicted octanol–water partition coefficient (Wildman–Crippen LogP) is -1.63. The maximum Gasteiger partial charge on any atom is 0.226 e. The van der Waals surface area contributed by atoms with E-state index in [1.807, 2.05) is 12.1 Å². The highest BCUT2D eigenvalue weighted by atomic mass is 16.4. The molecule has 0 spiro atoms. The molecule has 2 aromatic heterocycles. The number of carbonyl (C=O) groups excluding carboxylic acids is 2. The van der Waals surface area contributed by atoms with Crippen molar-refractivity contribution in [1.29, 1.82) is 0 Å². The summed E-state index contributed by atoms with van der Waals surface area (Å²) in [5, 5.41) is 15.4. The zero-order valence-electron chi connectivity index (χ0n) is 12.5. The highest BCUT2D eigenvalue weighted by molar-refractivity contribution is 5.82. The smallest absolute Gasteiger partial charge is 0.226 e. The molecule has 1 amide bonds. The summed E-state index contributed by atoms with van der Waals surface area (Å²) in [4.78, 5) is 31.0. The van der Waals surface area contributed by atoms with Gasteiger partial charge in [-0.1, -0.05) is 12.1 Å². The number of carboxylic acids is 1. The number of hydrogen-bond acceptors (Lipinski definition) is 5. The largest absolute Gasteiger partial charge is 0.544 e. The molecule has 0 aliphatic heterocycles. The number of nitrogens with zero attached hydrogens (tertiary/aromatic N) is 2. The third kappa shape index (κ3) is 5.84. The molecule has 2 aromatic rings. The monoisotopic (exact) mass is 314 g/mol. The van der Waals surface area contributed by atoms with Crippen LogP contribution >= 0.6 is 0 Å². The molecule has 2 heterocycles. The number of carboxylic acid groups (broad SMARTS) is 1. The van der Waals surface area contributed by atoms with Crippen LogP contribution in [0.2, 0.25) is 0 Å². The lowest BCUT2D eigenvalue weighted by atomic mass is 10.1. The van der Waals surface area contributed by atoms with E-state index >= 15 is 0 Å². The van der Waals surface area contributed by atoms with Crippen LogP contribution in [0.25, 0.3) is 0 Å². The van der Waals surface area contributed by atoms with Gasteiger partial charge >= 0.3 is 0 Å². The van der Waals surface area contributed by atoms with Gasteiger partial charge in [0.15, 0.2) is 0 Å². The Morgan fingerprint density at radius 2 is 1.78 bits per heavy atom. The van der Waals surface area contributed by atoms with Crippen molar-refractivity contribution in [2.45, 2.75) is 25.6 Å². The fourth-order valence-electron chi connectivity index (χ4n) is 2.04. The molecule has 0 saturated heterocycles. The summed E-state index contributed by atoms with van der Waals surface area (Å²) in [6, 6.07) is 6.28. The van der Waals surface area contributed by atoms with Crippen molar-refractivity contribution >= 4 is 11.9 Å². The van der Waals surface area contributed by atoms with Gasteiger partial charge in [-0.25, -0.2) is 0 Å². The standard InChI is InChI=1S/C16H18N4O3/c21-15(20-11-13-4-2-6-18-9-13)7-14(16(22)23)19-10-12-3-1-5-17-8-12/h1-6,8-9,14,19H,7,10-11H2,(H,20,21)(H,22,23)/t14-/m0/s1. The third-order valence-electron chi connectivity index (χ3n) is 3.28. The Morgan fingerprint density at radius 1 is 1.13 bits per heavy atom. The minimum atomic E-state index is -1.26. The number of nitrogens with two attached hydrogens (primary N) is 1. The maximum absolute atomic E-state index is 11.9. The summed E-state index contributed by atoms with van der Waals surface area (Å²) < 4.78 is 0. The average Bonchev–Trinajstić information content (AvgIpc) is 2.58. The minimum absolute atomic E-state index is 0.150. The molecule has 0 unspecified atom stereocenters. The molecule has 0 aliphatic carbocycles. The molecule has 0 aromatic carbocycles. The molecular formula is C16H18N4O3. The van der Waals surface area contributed by atoms with Crippen LogP contribution < -0.4 is 15.7 Å². The van der Waals surface area contributed by atoms with E-state index in [0.29, 0.717) is 13.1 Å². The van der Waals surface area contributed by atoms with E-state index in [4.69, 9.17) is 0 Å². The number of quaternary nitrogens is 1. The second-order valence-electron chi connectivity index (χ2n) is 5.07. The maximum atomic E-state index is 11.9. The number of aromatic nitrogens is 2. The van der Waals surface area contributed by atoms with Gasteiger partial charge in [-0.2, -0.15) is 0 Å². The van der Waals surface area contributed by atoms with Gasteiger partial charge in [0, 0.05) is 36.9 Å². The first-order valence-corrected chi connectivity index (χ1v) is 7.24. The van der Waals surface area contributed by atoms with Gasteiger partial charge < -0.3 is 20.5 Å². The van der Waals surface area contributed by atoms with Crippen LogP contribution in [-0.2, 0) is 22.7 Å². The van der Waals surface area contributed by atoms with Gasteiger partial charge in [0.05, 0.1) is 12.4 Å². The second kappa shape index (κ2) is 8.60. The normalized spacial score (nSPS) is 11.7. The van der Waals surface area contributed by atoms with Gasteiger partial charge in [-0.05, 0) is 17.7 Å². The molecule has 23 heavy (non-hydrogen) atoms. The summed E-state index contributed by atoms with van der Waals surface area (Å²) in [6.45, 7) is 0.734. The van der Waals surface area contributed by atoms with Crippen molar-refractivity contribution in [2.24, 2.45) is 0 Å². The van der Waals surface area contributed by atoms with E-state index in [1.54, 1.807) is 42.2 Å². The Morgan fingerprint density at radius 3 is 2.35 bits per heavy atom. The Bertz CT molecular complexity index is 634. The number of pyridine rings is 2. The third-order valence-corrected chi connectivity index (χ3v) is 3.28. The second-order valence-corrected chi connectivity index (χ2v) is 5.07. The van der Waals surface area contributed by atoms with Crippen LogP contribution in [-0.4, -0.2) is 27.9 Å². The van der Waals surface area contributed by atoms with Gasteiger partial charge in [0.25, 0.3) is 0 Å². The fourth-order valence-corrected chi connectivity index (χ4v) is 2.04. The minimum Gasteiger partial charge on any atom is -0.544 e. The highest BCUT2D eigenvalue weighted by Crippen LogP contribution is 1.96. The average molecular weight is 314 g/mol. The van der Waals surface area contributed by atoms with E-state index in [-0.39, 0.29) is 12.3 Å². The Hall–Kier alpha value is -2.80. The Labute approximate surface area is 133 Å². The lowest BCUT2D eigenvalue weighted by Crippen LogP contribution is -2.92. The molecule has 3 N–H and O–H groups in total. The Balaban J connectivity index is 1.81. The van der Waals surface area contributed by atoms with E-state index in [0.717, 1.165) is 11.1 Å². The number of nitrogens with one attached hydrogen (secondary N) is 1. The topological polar surface area (TPSA) is 112 Å². The van der Waals surface area contributed by atoms with Crippen LogP contribution in [0, 0.1) is 0 Å². The van der Waals surface area contributed by atoms with Crippen molar-refractivity contribution in [3.8, 4) is 0 Å². The SMILES string of the molecule is O=C(C[C@H]([NH2+]Cc1cccnc1)C(=O)[O-])NCc1cccnc1. The van der Waals surface area contributed by atoms with Crippen molar-refractivity contribution < 1.29 is 20.0 Å². The summed E-state index contributed by atoms with van der Waals surface area (Å²) >= 11 is 0. The first kappa shape index (κ1) is 16.6. The van der Waals surface area contributed by atoms with Gasteiger partial charge in [0.2, 0.25) is 5.91 Å². The molecule has 0 radical (unpaired) electrons. The van der Waals surface area contributed by atoms with E-state index in [2.05, 4.69) is 15.3 Å². The van der Waals surface area contributed by atoms with Crippen molar-refractivity contribution in [1.82, 2.24) is 15.3 Å². The van der Waals surface area contributed by atoms with E-state index in [9.17, 15) is 14.7 Å². The molecule has 1 atom stereocenters. The lowest BCUT2D eigenvalue weighted by Gasteiger charge is -2.16. The first-order chi connectivity index (χ1) is 11.1. The molecule has 2 rings (SSSR count). The first-order valence-electron chi connectivity index (χ1n) is 7.24. The van der Waals surface area contributed by atoms with Gasteiger partial charge in [-0.3, -0.25) is 14.8 Å². The van der Waals surface area contributed by atoms with E-state index in [1.165, 1.54) is 0 Å². The quantitative estimate of drug-likeness (QED) is 0.607. The van der Waals surface area contributed by atoms with E-state index < -0.39 is 12.0 Å². The number of rotatable bonds is 8. The predicted molar refractivity (Wildman–Crippen MR) is 79.4 cm³/mol. The number of amides is 1. The molecule has 120 valence electrons. The van der Waals surface area contributed by atoms with Crippen LogP contribution in [0.1, 0.15) is 17.5 Å². The van der Waals surface area contributed by atoms with Gasteiger partial charge in [0.1, 0.15) is 12.6 Å². The van der Waals surface area contributed by atoms with Crippen molar-refractivity contribution in [3.05, 3.63) is 60.2 Å². The van der Waals surface area contributed by atoms with Crippen LogP contribution in [0.5, 0.6) is 0 Å². The zero-order valence-corrected chi connectivity index (χ0v) is 12.5. The molecular weight excluding hydrogens is 296 g/mol. The summed E-state index contributed by atoms with van der Waals surface area (Å²) in [5.41, 5.74) is 1.74. The van der Waals surface area contributed by atoms with Crippen LogP contribution in [0.15, 0.2) is 49.1 Å². The lowest BCUT2D eigenvalue weighted by molar-refractivity contribution is -0.697. The summed E-state index contributed by atoms with van der Waals surface area (Å²) in [5.74, 6) is -1.60. The molecule has 0 fully saturated rings. The van der Waals surface area contributed by atoms with Crippen molar-refractivity contribution in [3.63, 3.8) is 0 Å². The summed E-state index contributed by atoms with van der Waals surface area (Å²) in [7, 11) is 0. The summed E-state index contributed by atoms with van der Waals surface area (Å²) in [6.07, 6.45) is 6.44. The molecule has 7 nitrogen and oxygen atoms in total. The number of carbonyl (C=O) groups is 2. The van der Waals surface area contributed by atoms with Crippen LogP contribution in [0.3, 0.4) is 0 Å². The van der Waals surface area contributed by atoms with Gasteiger partial charge in [-0.15, -0.1) is 0 Å². The number of hydrogen-bond donors (Lipinski definition) is 2. The highest BCUT2D eigenvalue weighted by Gasteiger charge is 2.18. The molecule has 0 aliphatic rings. The molecule has 7 heteroatoms. The molecule has 0 bridgehead atoms. The molecule has 0 saturated carbocycles.